The second-order valence-electron chi connectivity index (χ2n) is 7.17. The molecule has 140 valence electrons. The Bertz CT molecular complexity index is 908. The molecule has 27 heavy (non-hydrogen) atoms. The van der Waals surface area contributed by atoms with E-state index in [2.05, 4.69) is 36.5 Å². The fourth-order valence-electron chi connectivity index (χ4n) is 3.56. The number of aromatic nitrogens is 2. The van der Waals surface area contributed by atoms with E-state index in [1.54, 1.807) is 7.11 Å². The van der Waals surface area contributed by atoms with Gasteiger partial charge in [-0.1, -0.05) is 29.8 Å². The zero-order valence-electron chi connectivity index (χ0n) is 15.8. The molecule has 0 atom stereocenters. The van der Waals surface area contributed by atoms with E-state index in [4.69, 9.17) is 9.84 Å². The van der Waals surface area contributed by atoms with Gasteiger partial charge < -0.3 is 15.2 Å². The van der Waals surface area contributed by atoms with Crippen LogP contribution in [-0.4, -0.2) is 35.1 Å². The molecule has 0 spiro atoms. The predicted molar refractivity (Wildman–Crippen MR) is 106 cm³/mol. The van der Waals surface area contributed by atoms with Gasteiger partial charge in [-0.2, -0.15) is 5.10 Å². The van der Waals surface area contributed by atoms with Crippen molar-refractivity contribution >= 4 is 0 Å². The molecule has 1 aromatic heterocycles. The Morgan fingerprint density at radius 3 is 2.33 bits per heavy atom. The third kappa shape index (κ3) is 3.48. The number of benzene rings is 2. The van der Waals surface area contributed by atoms with Gasteiger partial charge in [0.25, 0.3) is 0 Å². The number of ether oxygens (including phenoxy) is 1. The molecule has 5 heteroatoms. The van der Waals surface area contributed by atoms with Gasteiger partial charge in [0.2, 0.25) is 0 Å². The van der Waals surface area contributed by atoms with E-state index in [0.717, 1.165) is 41.5 Å². The van der Waals surface area contributed by atoms with Crippen LogP contribution in [0.3, 0.4) is 0 Å². The third-order valence-electron chi connectivity index (χ3n) is 5.28. The summed E-state index contributed by atoms with van der Waals surface area (Å²) in [5.41, 5.74) is 4.05. The number of hydrogen-bond acceptors (Lipinski definition) is 4. The molecule has 5 nitrogen and oxygen atoms in total. The highest BCUT2D eigenvalue weighted by Crippen LogP contribution is 2.34. The molecule has 0 aliphatic carbocycles. The predicted octanol–water partition coefficient (Wildman–Crippen LogP) is 3.43. The number of aliphatic hydroxyl groups is 1. The molecule has 0 saturated carbocycles. The van der Waals surface area contributed by atoms with E-state index < -0.39 is 5.60 Å². The SMILES string of the molecule is COc1ccc(-n2nc(C3(O)CCNCC3)cc2-c2ccc(C)cc2)cc1. The molecule has 2 heterocycles. The maximum Gasteiger partial charge on any atom is 0.119 e. The van der Waals surface area contributed by atoms with Gasteiger partial charge in [0, 0.05) is 5.56 Å². The third-order valence-corrected chi connectivity index (χ3v) is 5.28. The summed E-state index contributed by atoms with van der Waals surface area (Å²) in [6.07, 6.45) is 1.33. The van der Waals surface area contributed by atoms with Gasteiger partial charge in [-0.25, -0.2) is 4.68 Å². The van der Waals surface area contributed by atoms with E-state index in [9.17, 15) is 5.11 Å². The summed E-state index contributed by atoms with van der Waals surface area (Å²) in [4.78, 5) is 0. The van der Waals surface area contributed by atoms with E-state index in [1.165, 1.54) is 5.56 Å². The zero-order valence-corrected chi connectivity index (χ0v) is 15.8. The molecule has 3 aromatic rings. The van der Waals surface area contributed by atoms with Crippen LogP contribution in [0.15, 0.2) is 54.6 Å². The second-order valence-corrected chi connectivity index (χ2v) is 7.17. The standard InChI is InChI=1S/C22H25N3O2/c1-16-3-5-17(6-4-16)20-15-21(22(26)11-13-23-14-12-22)24-25(20)18-7-9-19(27-2)10-8-18/h3-10,15,23,26H,11-14H2,1-2H3. The summed E-state index contributed by atoms with van der Waals surface area (Å²) >= 11 is 0. The number of nitrogens with zero attached hydrogens (tertiary/aromatic N) is 2. The summed E-state index contributed by atoms with van der Waals surface area (Å²) < 4.78 is 7.19. The fraction of sp³-hybridized carbons (Fsp3) is 0.318. The molecule has 1 aliphatic rings. The van der Waals surface area contributed by atoms with Crippen molar-refractivity contribution in [3.8, 4) is 22.7 Å². The molecule has 1 fully saturated rings. The van der Waals surface area contributed by atoms with E-state index in [1.807, 2.05) is 35.0 Å². The number of methoxy groups -OCH3 is 1. The normalized spacial score (nSPS) is 16.3. The van der Waals surface area contributed by atoms with Gasteiger partial charge in [0.15, 0.2) is 0 Å². The van der Waals surface area contributed by atoms with Gasteiger partial charge >= 0.3 is 0 Å². The van der Waals surface area contributed by atoms with Crippen LogP contribution >= 0.6 is 0 Å². The first kappa shape index (κ1) is 17.8. The number of aryl methyl sites for hydroxylation is 1. The van der Waals surface area contributed by atoms with Crippen LogP contribution in [0.5, 0.6) is 5.75 Å². The van der Waals surface area contributed by atoms with Gasteiger partial charge in [-0.3, -0.25) is 0 Å². The summed E-state index contributed by atoms with van der Waals surface area (Å²) in [6.45, 7) is 3.67. The fourth-order valence-corrected chi connectivity index (χ4v) is 3.56. The average Bonchev–Trinajstić information content (AvgIpc) is 3.15. The quantitative estimate of drug-likeness (QED) is 0.746. The summed E-state index contributed by atoms with van der Waals surface area (Å²) in [7, 11) is 1.66. The van der Waals surface area contributed by atoms with Gasteiger partial charge in [0.1, 0.15) is 11.4 Å². The molecular formula is C22H25N3O2. The minimum atomic E-state index is -0.886. The summed E-state index contributed by atoms with van der Waals surface area (Å²) in [5, 5.41) is 19.3. The lowest BCUT2D eigenvalue weighted by Crippen LogP contribution is -2.40. The molecule has 1 saturated heterocycles. The Morgan fingerprint density at radius 1 is 1.04 bits per heavy atom. The van der Waals surface area contributed by atoms with Crippen LogP contribution in [-0.2, 0) is 5.60 Å². The highest BCUT2D eigenvalue weighted by atomic mass is 16.5. The van der Waals surface area contributed by atoms with Crippen LogP contribution in [0.2, 0.25) is 0 Å². The van der Waals surface area contributed by atoms with Crippen LogP contribution in [0, 0.1) is 6.92 Å². The minimum Gasteiger partial charge on any atom is -0.497 e. The van der Waals surface area contributed by atoms with Crippen molar-refractivity contribution in [2.24, 2.45) is 0 Å². The highest BCUT2D eigenvalue weighted by molar-refractivity contribution is 5.63. The molecule has 4 rings (SSSR count). The molecule has 0 amide bonds. The number of rotatable bonds is 4. The van der Waals surface area contributed by atoms with Crippen LogP contribution < -0.4 is 10.1 Å². The van der Waals surface area contributed by atoms with Crippen molar-refractivity contribution in [3.63, 3.8) is 0 Å². The lowest BCUT2D eigenvalue weighted by molar-refractivity contribution is 0.00158. The van der Waals surface area contributed by atoms with E-state index >= 15 is 0 Å². The van der Waals surface area contributed by atoms with Crippen molar-refractivity contribution in [1.82, 2.24) is 15.1 Å². The highest BCUT2D eigenvalue weighted by Gasteiger charge is 2.34. The second kappa shape index (κ2) is 7.18. The molecule has 2 N–H and O–H groups in total. The first-order valence-electron chi connectivity index (χ1n) is 9.34. The zero-order chi connectivity index (χ0) is 18.9. The topological polar surface area (TPSA) is 59.3 Å². The molecular weight excluding hydrogens is 338 g/mol. The average molecular weight is 363 g/mol. The van der Waals surface area contributed by atoms with Crippen LogP contribution in [0.1, 0.15) is 24.1 Å². The lowest BCUT2D eigenvalue weighted by Gasteiger charge is -2.30. The van der Waals surface area contributed by atoms with Crippen LogP contribution in [0.25, 0.3) is 16.9 Å². The number of hydrogen-bond donors (Lipinski definition) is 2. The van der Waals surface area contributed by atoms with Gasteiger partial charge in [-0.05, 0) is 63.2 Å². The molecule has 1 aliphatic heterocycles. The summed E-state index contributed by atoms with van der Waals surface area (Å²) in [5.74, 6) is 0.806. The van der Waals surface area contributed by atoms with E-state index in [0.29, 0.717) is 12.8 Å². The van der Waals surface area contributed by atoms with Crippen molar-refractivity contribution in [3.05, 3.63) is 65.9 Å². The first-order chi connectivity index (χ1) is 13.1. The Hall–Kier alpha value is -2.63. The smallest absolute Gasteiger partial charge is 0.119 e. The Balaban J connectivity index is 1.82. The monoisotopic (exact) mass is 363 g/mol. The van der Waals surface area contributed by atoms with E-state index in [-0.39, 0.29) is 0 Å². The largest absolute Gasteiger partial charge is 0.497 e. The van der Waals surface area contributed by atoms with Crippen molar-refractivity contribution in [2.45, 2.75) is 25.4 Å². The lowest BCUT2D eigenvalue weighted by atomic mass is 9.89. The Morgan fingerprint density at radius 2 is 1.70 bits per heavy atom. The molecule has 0 unspecified atom stereocenters. The van der Waals surface area contributed by atoms with Gasteiger partial charge in [-0.15, -0.1) is 0 Å². The summed E-state index contributed by atoms with van der Waals surface area (Å²) in [6, 6.07) is 18.2. The minimum absolute atomic E-state index is 0.667. The Labute approximate surface area is 159 Å². The number of piperidine rings is 1. The van der Waals surface area contributed by atoms with Crippen molar-refractivity contribution < 1.29 is 9.84 Å². The Kier molecular flexibility index (Phi) is 4.72. The van der Waals surface area contributed by atoms with Crippen LogP contribution in [0.4, 0.5) is 0 Å². The molecule has 2 aromatic carbocycles. The van der Waals surface area contributed by atoms with Gasteiger partial charge in [0.05, 0.1) is 24.2 Å². The van der Waals surface area contributed by atoms with Crippen molar-refractivity contribution in [2.75, 3.05) is 20.2 Å². The molecule has 0 radical (unpaired) electrons. The maximum atomic E-state index is 11.2. The molecule has 0 bridgehead atoms. The number of nitrogens with one attached hydrogen (secondary N) is 1. The first-order valence-corrected chi connectivity index (χ1v) is 9.34. The maximum absolute atomic E-state index is 11.2. The van der Waals surface area contributed by atoms with Crippen molar-refractivity contribution in [1.29, 1.82) is 0 Å².